The number of hydrogen-bond acceptors (Lipinski definition) is 6. The van der Waals surface area contributed by atoms with Crippen molar-refractivity contribution >= 4 is 11.9 Å². The lowest BCUT2D eigenvalue weighted by atomic mass is 9.93. The Morgan fingerprint density at radius 3 is 2.31 bits per heavy atom. The van der Waals surface area contributed by atoms with Crippen molar-refractivity contribution < 1.29 is 28.5 Å². The molecule has 29 heavy (non-hydrogen) atoms. The van der Waals surface area contributed by atoms with Gasteiger partial charge < -0.3 is 18.9 Å². The summed E-state index contributed by atoms with van der Waals surface area (Å²) in [6.07, 6.45) is 0.469. The van der Waals surface area contributed by atoms with Gasteiger partial charge in [-0.1, -0.05) is 30.3 Å². The standard InChI is InChI=1S/C22H25NO6/c1-26-18-12-16(20-17(24)10-7-11-23(20)22(25)28-3)13-19(27-2)21(18)29-14-15-8-5-4-6-9-15/h4-6,8-9,12-13,20H,7,10-11,14H2,1-3H3. The molecule has 1 aliphatic heterocycles. The van der Waals surface area contributed by atoms with E-state index in [2.05, 4.69) is 0 Å². The Balaban J connectivity index is 1.96. The minimum Gasteiger partial charge on any atom is -0.493 e. The van der Waals surface area contributed by atoms with E-state index < -0.39 is 12.1 Å². The summed E-state index contributed by atoms with van der Waals surface area (Å²) in [6, 6.07) is 12.4. The molecule has 1 fully saturated rings. The van der Waals surface area contributed by atoms with E-state index in [1.54, 1.807) is 12.1 Å². The van der Waals surface area contributed by atoms with Crippen molar-refractivity contribution in [3.63, 3.8) is 0 Å². The molecule has 0 bridgehead atoms. The number of carbonyl (C=O) groups excluding carboxylic acids is 2. The largest absolute Gasteiger partial charge is 0.493 e. The maximum absolute atomic E-state index is 12.7. The number of rotatable bonds is 6. The fraction of sp³-hybridized carbons (Fsp3) is 0.364. The van der Waals surface area contributed by atoms with Crippen molar-refractivity contribution in [2.24, 2.45) is 0 Å². The molecule has 1 saturated heterocycles. The van der Waals surface area contributed by atoms with Gasteiger partial charge in [-0.05, 0) is 29.7 Å². The molecule has 7 nitrogen and oxygen atoms in total. The van der Waals surface area contributed by atoms with Crippen LogP contribution in [0.4, 0.5) is 4.79 Å². The maximum atomic E-state index is 12.7. The van der Waals surface area contributed by atoms with E-state index in [0.29, 0.717) is 48.8 Å². The third-order valence-electron chi connectivity index (χ3n) is 4.87. The summed E-state index contributed by atoms with van der Waals surface area (Å²) in [5.41, 5.74) is 1.60. The van der Waals surface area contributed by atoms with Crippen molar-refractivity contribution in [2.45, 2.75) is 25.5 Å². The van der Waals surface area contributed by atoms with E-state index in [-0.39, 0.29) is 5.78 Å². The van der Waals surface area contributed by atoms with E-state index in [1.807, 2.05) is 30.3 Å². The number of likely N-dealkylation sites (tertiary alicyclic amines) is 1. The Bertz CT molecular complexity index is 842. The summed E-state index contributed by atoms with van der Waals surface area (Å²) in [5, 5.41) is 0. The zero-order valence-electron chi connectivity index (χ0n) is 16.8. The van der Waals surface area contributed by atoms with E-state index >= 15 is 0 Å². The summed E-state index contributed by atoms with van der Waals surface area (Å²) in [4.78, 5) is 26.3. The summed E-state index contributed by atoms with van der Waals surface area (Å²) in [6.45, 7) is 0.781. The molecule has 7 heteroatoms. The van der Waals surface area contributed by atoms with Crippen LogP contribution < -0.4 is 14.2 Å². The Hall–Kier alpha value is -3.22. The van der Waals surface area contributed by atoms with Gasteiger partial charge in [0.2, 0.25) is 5.75 Å². The van der Waals surface area contributed by atoms with Crippen LogP contribution in [0.2, 0.25) is 0 Å². The SMILES string of the molecule is COC(=O)N1CCCC(=O)C1c1cc(OC)c(OCc2ccccc2)c(OC)c1. The number of benzene rings is 2. The van der Waals surface area contributed by atoms with Crippen LogP contribution in [0.1, 0.15) is 30.0 Å². The zero-order chi connectivity index (χ0) is 20.8. The van der Waals surface area contributed by atoms with Gasteiger partial charge in [0.1, 0.15) is 12.6 Å². The van der Waals surface area contributed by atoms with Crippen LogP contribution >= 0.6 is 0 Å². The van der Waals surface area contributed by atoms with Gasteiger partial charge in [0.05, 0.1) is 21.3 Å². The Kier molecular flexibility index (Phi) is 6.59. The minimum absolute atomic E-state index is 0.0521. The van der Waals surface area contributed by atoms with Crippen LogP contribution in [0, 0.1) is 0 Å². The fourth-order valence-corrected chi connectivity index (χ4v) is 3.47. The molecule has 1 atom stereocenters. The molecule has 1 aliphatic rings. The molecule has 2 aromatic carbocycles. The summed E-state index contributed by atoms with van der Waals surface area (Å²) >= 11 is 0. The van der Waals surface area contributed by atoms with Gasteiger partial charge in [-0.15, -0.1) is 0 Å². The van der Waals surface area contributed by atoms with Gasteiger partial charge >= 0.3 is 6.09 Å². The molecule has 0 aliphatic carbocycles. The highest BCUT2D eigenvalue weighted by Crippen LogP contribution is 2.42. The number of Topliss-reactive ketones (excluding diaryl/α,β-unsaturated/α-hetero) is 1. The van der Waals surface area contributed by atoms with Crippen LogP contribution in [-0.2, 0) is 16.1 Å². The number of nitrogens with zero attached hydrogens (tertiary/aromatic N) is 1. The Morgan fingerprint density at radius 2 is 1.72 bits per heavy atom. The van der Waals surface area contributed by atoms with Gasteiger partial charge in [0.15, 0.2) is 17.3 Å². The molecule has 0 N–H and O–H groups in total. The lowest BCUT2D eigenvalue weighted by molar-refractivity contribution is -0.126. The highest BCUT2D eigenvalue weighted by atomic mass is 16.5. The van der Waals surface area contributed by atoms with Crippen LogP contribution in [0.3, 0.4) is 0 Å². The Morgan fingerprint density at radius 1 is 1.07 bits per heavy atom. The van der Waals surface area contributed by atoms with E-state index in [9.17, 15) is 9.59 Å². The first kappa shape index (κ1) is 20.5. The number of hydrogen-bond donors (Lipinski definition) is 0. The normalized spacial score (nSPS) is 16.3. The third kappa shape index (κ3) is 4.45. The molecule has 1 heterocycles. The first-order chi connectivity index (χ1) is 14.1. The zero-order valence-corrected chi connectivity index (χ0v) is 16.8. The van der Waals surface area contributed by atoms with Crippen LogP contribution in [0.25, 0.3) is 0 Å². The van der Waals surface area contributed by atoms with Crippen molar-refractivity contribution in [1.29, 1.82) is 0 Å². The number of ketones is 1. The first-order valence-corrected chi connectivity index (χ1v) is 9.39. The van der Waals surface area contributed by atoms with Gasteiger partial charge in [-0.3, -0.25) is 9.69 Å². The molecule has 1 unspecified atom stereocenters. The van der Waals surface area contributed by atoms with Crippen LogP contribution in [0.15, 0.2) is 42.5 Å². The fourth-order valence-electron chi connectivity index (χ4n) is 3.47. The second-order valence-corrected chi connectivity index (χ2v) is 6.66. The molecule has 1 amide bonds. The number of methoxy groups -OCH3 is 3. The second kappa shape index (κ2) is 9.32. The smallest absolute Gasteiger partial charge is 0.410 e. The summed E-state index contributed by atoms with van der Waals surface area (Å²) in [7, 11) is 4.35. The predicted molar refractivity (Wildman–Crippen MR) is 106 cm³/mol. The maximum Gasteiger partial charge on any atom is 0.410 e. The average molecular weight is 399 g/mol. The van der Waals surface area contributed by atoms with Crippen molar-refractivity contribution in [1.82, 2.24) is 4.90 Å². The van der Waals surface area contributed by atoms with Crippen molar-refractivity contribution in [3.8, 4) is 17.2 Å². The molecule has 0 aromatic heterocycles. The number of carbonyl (C=O) groups is 2. The summed E-state index contributed by atoms with van der Waals surface area (Å²) < 4.78 is 21.9. The minimum atomic E-state index is -0.748. The topological polar surface area (TPSA) is 74.3 Å². The predicted octanol–water partition coefficient (Wildman–Crippen LogP) is 3.76. The Labute approximate surface area is 170 Å². The van der Waals surface area contributed by atoms with Crippen LogP contribution in [0.5, 0.6) is 17.2 Å². The van der Waals surface area contributed by atoms with Crippen LogP contribution in [-0.4, -0.2) is 44.7 Å². The molecule has 3 rings (SSSR count). The van der Waals surface area contributed by atoms with E-state index in [1.165, 1.54) is 26.2 Å². The lowest BCUT2D eigenvalue weighted by Gasteiger charge is -2.34. The summed E-state index contributed by atoms with van der Waals surface area (Å²) in [5.74, 6) is 1.25. The van der Waals surface area contributed by atoms with Gasteiger partial charge in [-0.2, -0.15) is 0 Å². The highest BCUT2D eigenvalue weighted by molar-refractivity contribution is 5.90. The second-order valence-electron chi connectivity index (χ2n) is 6.66. The molecule has 154 valence electrons. The third-order valence-corrected chi connectivity index (χ3v) is 4.87. The first-order valence-electron chi connectivity index (χ1n) is 9.39. The van der Waals surface area contributed by atoms with E-state index in [0.717, 1.165) is 5.56 Å². The molecule has 2 aromatic rings. The molecular weight excluding hydrogens is 374 g/mol. The highest BCUT2D eigenvalue weighted by Gasteiger charge is 2.36. The number of amides is 1. The lowest BCUT2D eigenvalue weighted by Crippen LogP contribution is -2.43. The van der Waals surface area contributed by atoms with Crippen molar-refractivity contribution in [2.75, 3.05) is 27.9 Å². The number of ether oxygens (including phenoxy) is 4. The quantitative estimate of drug-likeness (QED) is 0.736. The van der Waals surface area contributed by atoms with Crippen molar-refractivity contribution in [3.05, 3.63) is 53.6 Å². The van der Waals surface area contributed by atoms with E-state index in [4.69, 9.17) is 18.9 Å². The van der Waals surface area contributed by atoms with Gasteiger partial charge in [0.25, 0.3) is 0 Å². The average Bonchev–Trinajstić information content (AvgIpc) is 2.77. The molecule has 0 saturated carbocycles. The monoisotopic (exact) mass is 399 g/mol. The molecular formula is C22H25NO6. The molecule has 0 radical (unpaired) electrons. The number of piperidine rings is 1. The van der Waals surface area contributed by atoms with Gasteiger partial charge in [0, 0.05) is 13.0 Å². The van der Waals surface area contributed by atoms with Gasteiger partial charge in [-0.25, -0.2) is 4.79 Å². The molecule has 0 spiro atoms.